The topological polar surface area (TPSA) is 41.1 Å². The highest BCUT2D eigenvalue weighted by molar-refractivity contribution is 5.77. The normalized spacial score (nSPS) is 12.5. The maximum Gasteiger partial charge on any atom is 0.222 e. The van der Waals surface area contributed by atoms with E-state index >= 15 is 0 Å². The van der Waals surface area contributed by atoms with Gasteiger partial charge in [-0.1, -0.05) is 45.0 Å². The number of benzene rings is 1. The summed E-state index contributed by atoms with van der Waals surface area (Å²) in [6.45, 7) is 9.57. The van der Waals surface area contributed by atoms with Crippen molar-refractivity contribution in [1.82, 2.24) is 10.6 Å². The summed E-state index contributed by atoms with van der Waals surface area (Å²) in [6, 6.07) is 9.00. The van der Waals surface area contributed by atoms with Crippen LogP contribution in [0.25, 0.3) is 0 Å². The van der Waals surface area contributed by atoms with E-state index in [-0.39, 0.29) is 11.8 Å². The third kappa shape index (κ3) is 5.43. The quantitative estimate of drug-likeness (QED) is 0.742. The van der Waals surface area contributed by atoms with E-state index in [1.807, 2.05) is 13.8 Å². The summed E-state index contributed by atoms with van der Waals surface area (Å²) in [4.78, 5) is 11.4. The smallest absolute Gasteiger partial charge is 0.222 e. The van der Waals surface area contributed by atoms with E-state index in [4.69, 9.17) is 0 Å². The lowest BCUT2D eigenvalue weighted by Gasteiger charge is -2.15. The van der Waals surface area contributed by atoms with Gasteiger partial charge in [0.05, 0.1) is 0 Å². The Morgan fingerprint density at radius 1 is 1.11 bits per heavy atom. The molecule has 0 aliphatic heterocycles. The molecular weight excluding hydrogens is 236 g/mol. The van der Waals surface area contributed by atoms with E-state index in [2.05, 4.69) is 48.7 Å². The van der Waals surface area contributed by atoms with Gasteiger partial charge in [0.15, 0.2) is 0 Å². The molecule has 1 aromatic carbocycles. The fraction of sp³-hybridized carbons (Fsp3) is 0.562. The second kappa shape index (κ2) is 7.95. The number of rotatable bonds is 7. The molecule has 106 valence electrons. The fourth-order valence-electron chi connectivity index (χ4n) is 1.84. The van der Waals surface area contributed by atoms with Gasteiger partial charge in [0.1, 0.15) is 0 Å². The van der Waals surface area contributed by atoms with Gasteiger partial charge in [0, 0.05) is 25.0 Å². The van der Waals surface area contributed by atoms with Crippen molar-refractivity contribution in [3.05, 3.63) is 35.4 Å². The van der Waals surface area contributed by atoms with Gasteiger partial charge in [-0.15, -0.1) is 0 Å². The van der Waals surface area contributed by atoms with Crippen molar-refractivity contribution in [3.8, 4) is 0 Å². The van der Waals surface area contributed by atoms with E-state index < -0.39 is 0 Å². The molecule has 0 saturated carbocycles. The van der Waals surface area contributed by atoms with Crippen LogP contribution in [0.1, 0.15) is 44.9 Å². The first-order valence-electron chi connectivity index (χ1n) is 7.14. The second-order valence-corrected chi connectivity index (χ2v) is 5.22. The summed E-state index contributed by atoms with van der Waals surface area (Å²) in [5, 5.41) is 6.32. The first-order valence-corrected chi connectivity index (χ1v) is 7.14. The molecule has 1 rings (SSSR count). The average molecular weight is 262 g/mol. The lowest BCUT2D eigenvalue weighted by Crippen LogP contribution is -2.35. The van der Waals surface area contributed by atoms with Crippen molar-refractivity contribution < 1.29 is 4.79 Å². The Labute approximate surface area is 116 Å². The zero-order valence-electron chi connectivity index (χ0n) is 12.5. The molecule has 1 aromatic rings. The van der Waals surface area contributed by atoms with Crippen LogP contribution < -0.4 is 10.6 Å². The predicted molar refractivity (Wildman–Crippen MR) is 80.1 cm³/mol. The third-order valence-electron chi connectivity index (χ3n) is 3.29. The van der Waals surface area contributed by atoms with Gasteiger partial charge in [-0.25, -0.2) is 0 Å². The summed E-state index contributed by atoms with van der Waals surface area (Å²) in [6.07, 6.45) is 1.07. The summed E-state index contributed by atoms with van der Waals surface area (Å²) in [7, 11) is 0. The van der Waals surface area contributed by atoms with Gasteiger partial charge in [-0.05, 0) is 24.5 Å². The highest BCUT2D eigenvalue weighted by Crippen LogP contribution is 2.13. The number of amides is 1. The van der Waals surface area contributed by atoms with Crippen LogP contribution in [0.3, 0.4) is 0 Å². The van der Waals surface area contributed by atoms with Gasteiger partial charge in [0.2, 0.25) is 5.91 Å². The Hall–Kier alpha value is -1.35. The molecule has 19 heavy (non-hydrogen) atoms. The Kier molecular flexibility index (Phi) is 6.57. The maximum atomic E-state index is 11.4. The molecule has 0 aliphatic rings. The van der Waals surface area contributed by atoms with Crippen molar-refractivity contribution in [2.24, 2.45) is 5.92 Å². The molecule has 0 bridgehead atoms. The van der Waals surface area contributed by atoms with E-state index in [1.165, 1.54) is 11.1 Å². The fourth-order valence-corrected chi connectivity index (χ4v) is 1.84. The molecule has 0 fully saturated rings. The molecule has 2 N–H and O–H groups in total. The third-order valence-corrected chi connectivity index (χ3v) is 3.29. The average Bonchev–Trinajstić information content (AvgIpc) is 2.43. The monoisotopic (exact) mass is 262 g/mol. The lowest BCUT2D eigenvalue weighted by atomic mass is 10.1. The number of carbonyl (C=O) groups excluding carboxylic acids is 1. The molecule has 3 nitrogen and oxygen atoms in total. The zero-order chi connectivity index (χ0) is 14.3. The van der Waals surface area contributed by atoms with E-state index in [0.717, 1.165) is 13.0 Å². The number of hydrogen-bond donors (Lipinski definition) is 2. The molecule has 0 radical (unpaired) electrons. The van der Waals surface area contributed by atoms with Gasteiger partial charge in [-0.3, -0.25) is 4.79 Å². The first-order chi connectivity index (χ1) is 9.04. The number of hydrogen-bond acceptors (Lipinski definition) is 2. The standard InChI is InChI=1S/C16H26N2O/c1-5-14-6-8-15(9-7-14)13(4)17-10-11-18-16(19)12(2)3/h6-9,12-13,17H,5,10-11H2,1-4H3,(H,18,19). The van der Waals surface area contributed by atoms with E-state index in [1.54, 1.807) is 0 Å². The molecule has 0 saturated heterocycles. The minimum atomic E-state index is 0.0546. The molecule has 0 aliphatic carbocycles. The molecule has 1 amide bonds. The molecule has 1 atom stereocenters. The number of carbonyl (C=O) groups is 1. The van der Waals surface area contributed by atoms with Crippen LogP contribution in [0.4, 0.5) is 0 Å². The minimum absolute atomic E-state index is 0.0546. The van der Waals surface area contributed by atoms with Crippen molar-refractivity contribution >= 4 is 5.91 Å². The van der Waals surface area contributed by atoms with Crippen molar-refractivity contribution in [2.45, 2.75) is 40.2 Å². The van der Waals surface area contributed by atoms with Crippen LogP contribution in [-0.2, 0) is 11.2 Å². The van der Waals surface area contributed by atoms with E-state index in [9.17, 15) is 4.79 Å². The van der Waals surface area contributed by atoms with Crippen LogP contribution in [0, 0.1) is 5.92 Å². The van der Waals surface area contributed by atoms with Crippen LogP contribution >= 0.6 is 0 Å². The molecular formula is C16H26N2O. The summed E-state index contributed by atoms with van der Waals surface area (Å²) in [5.74, 6) is 0.167. The summed E-state index contributed by atoms with van der Waals surface area (Å²) < 4.78 is 0. The molecule has 3 heteroatoms. The van der Waals surface area contributed by atoms with E-state index in [0.29, 0.717) is 12.6 Å². The Bertz CT molecular complexity index is 384. The summed E-state index contributed by atoms with van der Waals surface area (Å²) >= 11 is 0. The van der Waals surface area contributed by atoms with Gasteiger partial charge >= 0.3 is 0 Å². The number of aryl methyl sites for hydroxylation is 1. The van der Waals surface area contributed by atoms with Crippen LogP contribution in [0.15, 0.2) is 24.3 Å². The number of nitrogens with one attached hydrogen (secondary N) is 2. The lowest BCUT2D eigenvalue weighted by molar-refractivity contribution is -0.123. The van der Waals surface area contributed by atoms with Crippen molar-refractivity contribution in [2.75, 3.05) is 13.1 Å². The Morgan fingerprint density at radius 3 is 2.26 bits per heavy atom. The molecule has 0 heterocycles. The largest absolute Gasteiger partial charge is 0.355 e. The summed E-state index contributed by atoms with van der Waals surface area (Å²) in [5.41, 5.74) is 2.65. The predicted octanol–water partition coefficient (Wildman–Crippen LogP) is 2.67. The first kappa shape index (κ1) is 15.7. The van der Waals surface area contributed by atoms with Crippen molar-refractivity contribution in [1.29, 1.82) is 0 Å². The highest BCUT2D eigenvalue weighted by atomic mass is 16.1. The zero-order valence-corrected chi connectivity index (χ0v) is 12.5. The van der Waals surface area contributed by atoms with Gasteiger partial charge in [-0.2, -0.15) is 0 Å². The SMILES string of the molecule is CCc1ccc(C(C)NCCNC(=O)C(C)C)cc1. The van der Waals surface area contributed by atoms with Gasteiger partial charge in [0.25, 0.3) is 0 Å². The maximum absolute atomic E-state index is 11.4. The second-order valence-electron chi connectivity index (χ2n) is 5.22. The van der Waals surface area contributed by atoms with Gasteiger partial charge < -0.3 is 10.6 Å². The Morgan fingerprint density at radius 2 is 1.74 bits per heavy atom. The van der Waals surface area contributed by atoms with Crippen LogP contribution in [-0.4, -0.2) is 19.0 Å². The molecule has 0 spiro atoms. The minimum Gasteiger partial charge on any atom is -0.355 e. The van der Waals surface area contributed by atoms with Crippen LogP contribution in [0.5, 0.6) is 0 Å². The molecule has 0 aromatic heterocycles. The Balaban J connectivity index is 2.30. The molecule has 1 unspecified atom stereocenters. The van der Waals surface area contributed by atoms with Crippen LogP contribution in [0.2, 0.25) is 0 Å². The highest BCUT2D eigenvalue weighted by Gasteiger charge is 2.06. The van der Waals surface area contributed by atoms with Crippen molar-refractivity contribution in [3.63, 3.8) is 0 Å².